The SMILES string of the molecule is CC(NC1CCc2cc(N)ccc21)c1ccc(F)cc1F. The van der Waals surface area contributed by atoms with Gasteiger partial charge in [0, 0.05) is 29.4 Å². The third-order valence-corrected chi connectivity index (χ3v) is 4.12. The zero-order chi connectivity index (χ0) is 15.0. The van der Waals surface area contributed by atoms with Crippen molar-refractivity contribution >= 4 is 5.69 Å². The Hall–Kier alpha value is -1.94. The van der Waals surface area contributed by atoms with Crippen LogP contribution < -0.4 is 11.1 Å². The number of nitrogen functional groups attached to an aromatic ring is 1. The molecule has 1 aliphatic carbocycles. The fourth-order valence-electron chi connectivity index (χ4n) is 3.05. The van der Waals surface area contributed by atoms with E-state index in [2.05, 4.69) is 5.32 Å². The van der Waals surface area contributed by atoms with Gasteiger partial charge in [-0.05, 0) is 49.1 Å². The minimum atomic E-state index is -0.551. The number of benzene rings is 2. The van der Waals surface area contributed by atoms with Gasteiger partial charge in [-0.25, -0.2) is 8.78 Å². The summed E-state index contributed by atoms with van der Waals surface area (Å²) in [6.45, 7) is 1.89. The lowest BCUT2D eigenvalue weighted by Gasteiger charge is -2.21. The van der Waals surface area contributed by atoms with Crippen LogP contribution in [-0.2, 0) is 6.42 Å². The van der Waals surface area contributed by atoms with Crippen molar-refractivity contribution in [1.29, 1.82) is 0 Å². The molecule has 4 heteroatoms. The van der Waals surface area contributed by atoms with E-state index in [1.165, 1.54) is 23.3 Å². The minimum Gasteiger partial charge on any atom is -0.399 e. The van der Waals surface area contributed by atoms with Crippen molar-refractivity contribution in [1.82, 2.24) is 5.32 Å². The molecule has 2 atom stereocenters. The second kappa shape index (κ2) is 5.45. The fraction of sp³-hybridized carbons (Fsp3) is 0.294. The molecule has 2 unspecified atom stereocenters. The van der Waals surface area contributed by atoms with Crippen LogP contribution in [0.1, 0.15) is 42.1 Å². The quantitative estimate of drug-likeness (QED) is 0.841. The van der Waals surface area contributed by atoms with Crippen molar-refractivity contribution in [3.05, 3.63) is 64.7 Å². The van der Waals surface area contributed by atoms with Crippen molar-refractivity contribution in [2.75, 3.05) is 5.73 Å². The highest BCUT2D eigenvalue weighted by Crippen LogP contribution is 2.34. The average molecular weight is 288 g/mol. The highest BCUT2D eigenvalue weighted by Gasteiger charge is 2.24. The van der Waals surface area contributed by atoms with Crippen molar-refractivity contribution < 1.29 is 8.78 Å². The predicted molar refractivity (Wildman–Crippen MR) is 79.8 cm³/mol. The first-order chi connectivity index (χ1) is 10.0. The zero-order valence-electron chi connectivity index (χ0n) is 11.9. The number of halogens is 2. The molecule has 3 N–H and O–H groups in total. The third kappa shape index (κ3) is 2.76. The van der Waals surface area contributed by atoms with E-state index in [4.69, 9.17) is 5.73 Å². The molecule has 0 bridgehead atoms. The first-order valence-corrected chi connectivity index (χ1v) is 7.14. The Kier molecular flexibility index (Phi) is 3.64. The van der Waals surface area contributed by atoms with Crippen molar-refractivity contribution in [2.45, 2.75) is 31.8 Å². The summed E-state index contributed by atoms with van der Waals surface area (Å²) in [5.41, 5.74) is 9.52. The number of nitrogens with two attached hydrogens (primary N) is 1. The van der Waals surface area contributed by atoms with Crippen LogP contribution in [-0.4, -0.2) is 0 Å². The van der Waals surface area contributed by atoms with E-state index >= 15 is 0 Å². The minimum absolute atomic E-state index is 0.181. The summed E-state index contributed by atoms with van der Waals surface area (Å²) in [5, 5.41) is 3.43. The summed E-state index contributed by atoms with van der Waals surface area (Å²) in [6.07, 6.45) is 1.93. The van der Waals surface area contributed by atoms with Gasteiger partial charge in [-0.15, -0.1) is 0 Å². The normalized spacial score (nSPS) is 18.5. The summed E-state index contributed by atoms with van der Waals surface area (Å²) in [7, 11) is 0. The molecule has 0 aliphatic heterocycles. The number of nitrogens with one attached hydrogen (secondary N) is 1. The molecule has 0 radical (unpaired) electrons. The monoisotopic (exact) mass is 288 g/mol. The summed E-state index contributed by atoms with van der Waals surface area (Å²) in [5.74, 6) is -1.06. The molecule has 110 valence electrons. The number of rotatable bonds is 3. The van der Waals surface area contributed by atoms with Gasteiger partial charge in [0.1, 0.15) is 11.6 Å². The van der Waals surface area contributed by atoms with Crippen molar-refractivity contribution in [3.8, 4) is 0 Å². The van der Waals surface area contributed by atoms with E-state index < -0.39 is 11.6 Å². The maximum atomic E-state index is 13.8. The molecule has 0 spiro atoms. The smallest absolute Gasteiger partial charge is 0.130 e. The Morgan fingerprint density at radius 1 is 1.19 bits per heavy atom. The molecule has 21 heavy (non-hydrogen) atoms. The van der Waals surface area contributed by atoms with Gasteiger partial charge in [-0.2, -0.15) is 0 Å². The van der Waals surface area contributed by atoms with Gasteiger partial charge >= 0.3 is 0 Å². The van der Waals surface area contributed by atoms with Crippen LogP contribution in [0.25, 0.3) is 0 Å². The highest BCUT2D eigenvalue weighted by atomic mass is 19.1. The van der Waals surface area contributed by atoms with E-state index in [-0.39, 0.29) is 12.1 Å². The molecular weight excluding hydrogens is 270 g/mol. The van der Waals surface area contributed by atoms with Crippen LogP contribution in [0.3, 0.4) is 0 Å². The van der Waals surface area contributed by atoms with E-state index in [1.807, 2.05) is 25.1 Å². The van der Waals surface area contributed by atoms with E-state index in [9.17, 15) is 8.78 Å². The van der Waals surface area contributed by atoms with Crippen LogP contribution in [0.15, 0.2) is 36.4 Å². The van der Waals surface area contributed by atoms with Crippen LogP contribution in [0.4, 0.5) is 14.5 Å². The lowest BCUT2D eigenvalue weighted by molar-refractivity contribution is 0.448. The first-order valence-electron chi connectivity index (χ1n) is 7.14. The molecule has 2 nitrogen and oxygen atoms in total. The zero-order valence-corrected chi connectivity index (χ0v) is 11.9. The van der Waals surface area contributed by atoms with Crippen LogP contribution in [0, 0.1) is 11.6 Å². The molecule has 0 saturated heterocycles. The Balaban J connectivity index is 1.79. The summed E-state index contributed by atoms with van der Waals surface area (Å²) in [6, 6.07) is 9.64. The molecule has 0 fully saturated rings. The van der Waals surface area contributed by atoms with Gasteiger partial charge in [-0.1, -0.05) is 12.1 Å². The Morgan fingerprint density at radius 3 is 2.76 bits per heavy atom. The molecule has 0 saturated carbocycles. The molecule has 0 heterocycles. The van der Waals surface area contributed by atoms with Crippen molar-refractivity contribution in [3.63, 3.8) is 0 Å². The maximum absolute atomic E-state index is 13.8. The number of hydrogen-bond donors (Lipinski definition) is 2. The average Bonchev–Trinajstić information content (AvgIpc) is 2.80. The lowest BCUT2D eigenvalue weighted by Crippen LogP contribution is -2.23. The predicted octanol–water partition coefficient (Wildman–Crippen LogP) is 3.89. The highest BCUT2D eigenvalue weighted by molar-refractivity contribution is 5.47. The molecule has 2 aromatic rings. The maximum Gasteiger partial charge on any atom is 0.130 e. The molecular formula is C17H18F2N2. The van der Waals surface area contributed by atoms with Crippen LogP contribution in [0.2, 0.25) is 0 Å². The fourth-order valence-corrected chi connectivity index (χ4v) is 3.05. The summed E-state index contributed by atoms with van der Waals surface area (Å²) < 4.78 is 26.8. The Morgan fingerprint density at radius 2 is 2.00 bits per heavy atom. The third-order valence-electron chi connectivity index (χ3n) is 4.12. The molecule has 1 aliphatic rings. The van der Waals surface area contributed by atoms with Crippen molar-refractivity contribution in [2.24, 2.45) is 0 Å². The topological polar surface area (TPSA) is 38.0 Å². The largest absolute Gasteiger partial charge is 0.399 e. The van der Waals surface area contributed by atoms with Gasteiger partial charge in [0.25, 0.3) is 0 Å². The van der Waals surface area contributed by atoms with Crippen LogP contribution in [0.5, 0.6) is 0 Å². The second-order valence-corrected chi connectivity index (χ2v) is 5.60. The Labute approximate surface area is 123 Å². The van der Waals surface area contributed by atoms with Gasteiger partial charge in [0.2, 0.25) is 0 Å². The Bertz CT molecular complexity index is 670. The van der Waals surface area contributed by atoms with Gasteiger partial charge in [-0.3, -0.25) is 0 Å². The second-order valence-electron chi connectivity index (χ2n) is 5.60. The van der Waals surface area contributed by atoms with Crippen LogP contribution >= 0.6 is 0 Å². The summed E-state index contributed by atoms with van der Waals surface area (Å²) >= 11 is 0. The lowest BCUT2D eigenvalue weighted by atomic mass is 10.0. The molecule has 0 aromatic heterocycles. The number of aryl methyl sites for hydroxylation is 1. The standard InChI is InChI=1S/C17H18F2N2/c1-10(14-5-3-12(18)9-16(14)19)21-17-7-2-11-8-13(20)4-6-15(11)17/h3-6,8-10,17,21H,2,7,20H2,1H3. The van der Waals surface area contributed by atoms with Gasteiger partial charge in [0.15, 0.2) is 0 Å². The van der Waals surface area contributed by atoms with Gasteiger partial charge in [0.05, 0.1) is 0 Å². The number of fused-ring (bicyclic) bond motifs is 1. The first kappa shape index (κ1) is 14.0. The van der Waals surface area contributed by atoms with E-state index in [0.717, 1.165) is 24.6 Å². The molecule has 0 amide bonds. The summed E-state index contributed by atoms with van der Waals surface area (Å²) in [4.78, 5) is 0. The number of hydrogen-bond acceptors (Lipinski definition) is 2. The van der Waals surface area contributed by atoms with E-state index in [1.54, 1.807) is 0 Å². The molecule has 2 aromatic carbocycles. The number of anilines is 1. The van der Waals surface area contributed by atoms with Gasteiger partial charge < -0.3 is 11.1 Å². The molecule has 3 rings (SSSR count). The van der Waals surface area contributed by atoms with E-state index in [0.29, 0.717) is 5.56 Å².